The first-order chi connectivity index (χ1) is 8.33. The highest BCUT2D eigenvalue weighted by Crippen LogP contribution is 2.26. The first-order valence-corrected chi connectivity index (χ1v) is 7.58. The Morgan fingerprint density at radius 3 is 2.71 bits per heavy atom. The van der Waals surface area contributed by atoms with E-state index in [0.717, 1.165) is 5.92 Å². The van der Waals surface area contributed by atoms with Crippen LogP contribution < -0.4 is 10.6 Å². The maximum atomic E-state index is 3.45. The molecule has 2 unspecified atom stereocenters. The van der Waals surface area contributed by atoms with Gasteiger partial charge in [0.2, 0.25) is 0 Å². The molecule has 2 N–H and O–H groups in total. The van der Waals surface area contributed by atoms with Gasteiger partial charge in [-0.05, 0) is 62.8 Å². The van der Waals surface area contributed by atoms with Crippen LogP contribution in [0, 0.1) is 5.92 Å². The molecular weight excluding hydrogens is 228 g/mol. The summed E-state index contributed by atoms with van der Waals surface area (Å²) in [6, 6.07) is 9.45. The van der Waals surface area contributed by atoms with E-state index in [1.165, 1.54) is 36.4 Å². The molecule has 1 heterocycles. The Morgan fingerprint density at radius 1 is 1.41 bits per heavy atom. The molecule has 17 heavy (non-hydrogen) atoms. The minimum Gasteiger partial charge on any atom is -0.316 e. The van der Waals surface area contributed by atoms with E-state index in [-0.39, 0.29) is 0 Å². The van der Waals surface area contributed by atoms with Crippen LogP contribution in [0.2, 0.25) is 0 Å². The zero-order valence-corrected chi connectivity index (χ0v) is 11.5. The fourth-order valence-corrected chi connectivity index (χ4v) is 2.91. The summed E-state index contributed by atoms with van der Waals surface area (Å²) in [4.78, 5) is 1.34. The summed E-state index contributed by atoms with van der Waals surface area (Å²) in [5, 5.41) is 6.89. The van der Waals surface area contributed by atoms with Gasteiger partial charge in [0.25, 0.3) is 0 Å². The molecule has 1 aromatic rings. The topological polar surface area (TPSA) is 24.1 Å². The Morgan fingerprint density at radius 2 is 2.18 bits per heavy atom. The Hall–Kier alpha value is -0.510. The second-order valence-electron chi connectivity index (χ2n) is 4.71. The second kappa shape index (κ2) is 6.43. The fraction of sp³-hybridized carbons (Fsp3) is 0.571. The van der Waals surface area contributed by atoms with Gasteiger partial charge in [0.05, 0.1) is 0 Å². The zero-order valence-electron chi connectivity index (χ0n) is 10.7. The summed E-state index contributed by atoms with van der Waals surface area (Å²) < 4.78 is 0. The van der Waals surface area contributed by atoms with Gasteiger partial charge in [-0.25, -0.2) is 0 Å². The molecule has 1 saturated heterocycles. The molecule has 0 aliphatic carbocycles. The molecule has 1 aliphatic heterocycles. The Labute approximate surface area is 109 Å². The van der Waals surface area contributed by atoms with Crippen LogP contribution in [0.3, 0.4) is 0 Å². The maximum Gasteiger partial charge on any atom is 0.0320 e. The molecule has 2 rings (SSSR count). The van der Waals surface area contributed by atoms with Crippen molar-refractivity contribution in [2.75, 3.05) is 26.4 Å². The lowest BCUT2D eigenvalue weighted by atomic mass is 9.94. The van der Waals surface area contributed by atoms with Crippen molar-refractivity contribution in [1.82, 2.24) is 10.6 Å². The van der Waals surface area contributed by atoms with Crippen molar-refractivity contribution < 1.29 is 0 Å². The normalized spacial score (nSPS) is 21.6. The summed E-state index contributed by atoms with van der Waals surface area (Å²) in [6.45, 7) is 2.37. The summed E-state index contributed by atoms with van der Waals surface area (Å²) in [6.07, 6.45) is 4.68. The van der Waals surface area contributed by atoms with E-state index < -0.39 is 0 Å². The smallest absolute Gasteiger partial charge is 0.0320 e. The number of nitrogens with one attached hydrogen (secondary N) is 2. The van der Waals surface area contributed by atoms with Gasteiger partial charge in [0.1, 0.15) is 0 Å². The van der Waals surface area contributed by atoms with Crippen molar-refractivity contribution in [3.8, 4) is 0 Å². The highest BCUT2D eigenvalue weighted by molar-refractivity contribution is 7.98. The standard InChI is InChI=1S/C14H22N2S/c1-15-14(9-11-7-8-16-10-11)12-3-5-13(17-2)6-4-12/h3-6,11,14-16H,7-10H2,1-2H3. The van der Waals surface area contributed by atoms with Gasteiger partial charge >= 0.3 is 0 Å². The summed E-state index contributed by atoms with van der Waals surface area (Å²) in [7, 11) is 2.07. The van der Waals surface area contributed by atoms with Crippen LogP contribution in [0.4, 0.5) is 0 Å². The van der Waals surface area contributed by atoms with Gasteiger partial charge in [-0.15, -0.1) is 11.8 Å². The lowest BCUT2D eigenvalue weighted by molar-refractivity contribution is 0.430. The van der Waals surface area contributed by atoms with E-state index in [0.29, 0.717) is 6.04 Å². The molecule has 94 valence electrons. The van der Waals surface area contributed by atoms with Crippen LogP contribution in [0.15, 0.2) is 29.2 Å². The highest BCUT2D eigenvalue weighted by atomic mass is 32.2. The number of benzene rings is 1. The molecule has 3 heteroatoms. The van der Waals surface area contributed by atoms with Crippen LogP contribution in [0.1, 0.15) is 24.4 Å². The van der Waals surface area contributed by atoms with Crippen molar-refractivity contribution >= 4 is 11.8 Å². The number of hydrogen-bond acceptors (Lipinski definition) is 3. The third-order valence-electron chi connectivity index (χ3n) is 3.60. The molecule has 0 bridgehead atoms. The van der Waals surface area contributed by atoms with E-state index in [4.69, 9.17) is 0 Å². The fourth-order valence-electron chi connectivity index (χ4n) is 2.51. The largest absolute Gasteiger partial charge is 0.316 e. The van der Waals surface area contributed by atoms with E-state index in [9.17, 15) is 0 Å². The average Bonchev–Trinajstić information content (AvgIpc) is 2.89. The molecule has 0 amide bonds. The maximum absolute atomic E-state index is 3.45. The van der Waals surface area contributed by atoms with E-state index in [1.807, 2.05) is 0 Å². The molecule has 2 atom stereocenters. The van der Waals surface area contributed by atoms with Crippen LogP contribution in [0.5, 0.6) is 0 Å². The number of thioether (sulfide) groups is 1. The predicted molar refractivity (Wildman–Crippen MR) is 75.6 cm³/mol. The quantitative estimate of drug-likeness (QED) is 0.786. The number of hydrogen-bond donors (Lipinski definition) is 2. The molecule has 0 saturated carbocycles. The van der Waals surface area contributed by atoms with Crippen LogP contribution in [0.25, 0.3) is 0 Å². The van der Waals surface area contributed by atoms with Crippen molar-refractivity contribution in [3.05, 3.63) is 29.8 Å². The monoisotopic (exact) mass is 250 g/mol. The summed E-state index contributed by atoms with van der Waals surface area (Å²) in [5.41, 5.74) is 1.41. The second-order valence-corrected chi connectivity index (χ2v) is 5.59. The third kappa shape index (κ3) is 3.47. The van der Waals surface area contributed by atoms with Gasteiger partial charge < -0.3 is 10.6 Å². The van der Waals surface area contributed by atoms with Gasteiger partial charge in [-0.3, -0.25) is 0 Å². The SMILES string of the molecule is CNC(CC1CCNC1)c1ccc(SC)cc1. The average molecular weight is 250 g/mol. The van der Waals surface area contributed by atoms with Crippen molar-refractivity contribution in [1.29, 1.82) is 0 Å². The Bertz CT molecular complexity index is 331. The lowest BCUT2D eigenvalue weighted by Crippen LogP contribution is -2.21. The third-order valence-corrected chi connectivity index (χ3v) is 4.34. The van der Waals surface area contributed by atoms with Crippen molar-refractivity contribution in [2.45, 2.75) is 23.8 Å². The lowest BCUT2D eigenvalue weighted by Gasteiger charge is -2.20. The molecule has 1 aliphatic rings. The molecule has 1 fully saturated rings. The first kappa shape index (κ1) is 12.9. The molecule has 0 radical (unpaired) electrons. The molecule has 0 spiro atoms. The molecule has 0 aromatic heterocycles. The van der Waals surface area contributed by atoms with E-state index in [1.54, 1.807) is 11.8 Å². The Balaban J connectivity index is 2.00. The van der Waals surface area contributed by atoms with Crippen LogP contribution in [-0.2, 0) is 0 Å². The van der Waals surface area contributed by atoms with Crippen LogP contribution in [-0.4, -0.2) is 26.4 Å². The van der Waals surface area contributed by atoms with E-state index in [2.05, 4.69) is 48.2 Å². The Kier molecular flexibility index (Phi) is 4.89. The minimum atomic E-state index is 0.496. The van der Waals surface area contributed by atoms with Gasteiger partial charge in [-0.2, -0.15) is 0 Å². The summed E-state index contributed by atoms with van der Waals surface area (Å²) in [5.74, 6) is 0.827. The van der Waals surface area contributed by atoms with Crippen LogP contribution >= 0.6 is 11.8 Å². The molecular formula is C14H22N2S. The highest BCUT2D eigenvalue weighted by Gasteiger charge is 2.19. The molecule has 1 aromatic carbocycles. The van der Waals surface area contributed by atoms with E-state index >= 15 is 0 Å². The first-order valence-electron chi connectivity index (χ1n) is 6.35. The van der Waals surface area contributed by atoms with Gasteiger partial charge in [0.15, 0.2) is 0 Å². The minimum absolute atomic E-state index is 0.496. The zero-order chi connectivity index (χ0) is 12.1. The van der Waals surface area contributed by atoms with Crippen molar-refractivity contribution in [3.63, 3.8) is 0 Å². The summed E-state index contributed by atoms with van der Waals surface area (Å²) >= 11 is 1.80. The number of rotatable bonds is 5. The predicted octanol–water partition coefficient (Wildman–Crippen LogP) is 2.67. The van der Waals surface area contributed by atoms with Gasteiger partial charge in [-0.1, -0.05) is 12.1 Å². The van der Waals surface area contributed by atoms with Crippen molar-refractivity contribution in [2.24, 2.45) is 5.92 Å². The van der Waals surface area contributed by atoms with Gasteiger partial charge in [0, 0.05) is 10.9 Å². The molecule has 2 nitrogen and oxygen atoms in total.